The topological polar surface area (TPSA) is 62.1 Å². The average Bonchev–Trinajstić information content (AvgIpc) is 2.86. The Balaban J connectivity index is 1.57. The first-order valence-corrected chi connectivity index (χ1v) is 9.23. The molecule has 3 rings (SSSR count). The molecule has 0 spiro atoms. The molecule has 1 N–H and O–H groups in total. The summed E-state index contributed by atoms with van der Waals surface area (Å²) < 4.78 is 2.71. The number of aromatic nitrogens is 4. The molecule has 130 valence electrons. The van der Waals surface area contributed by atoms with Crippen LogP contribution in [0.15, 0.2) is 18.6 Å². The lowest BCUT2D eigenvalue weighted by atomic mass is 10.1. The number of piperazine rings is 1. The maximum absolute atomic E-state index is 5.45. The molecule has 0 saturated carbocycles. The van der Waals surface area contributed by atoms with Crippen LogP contribution in [0.3, 0.4) is 0 Å². The van der Waals surface area contributed by atoms with Crippen LogP contribution in [0.25, 0.3) is 0 Å². The first kappa shape index (κ1) is 17.2. The van der Waals surface area contributed by atoms with E-state index in [1.807, 2.05) is 10.9 Å². The first-order valence-electron chi connectivity index (χ1n) is 8.00. The van der Waals surface area contributed by atoms with Gasteiger partial charge in [-0.15, -0.1) is 5.10 Å². The van der Waals surface area contributed by atoms with Gasteiger partial charge in [-0.25, -0.2) is 9.67 Å². The summed E-state index contributed by atoms with van der Waals surface area (Å²) in [6.45, 7) is 10.9. The molecule has 7 nitrogen and oxygen atoms in total. The van der Waals surface area contributed by atoms with Gasteiger partial charge >= 0.3 is 0 Å². The van der Waals surface area contributed by atoms with Gasteiger partial charge in [0.2, 0.25) is 5.13 Å². The van der Waals surface area contributed by atoms with E-state index in [1.165, 1.54) is 11.3 Å². The summed E-state index contributed by atoms with van der Waals surface area (Å²) in [7, 11) is 0. The lowest BCUT2D eigenvalue weighted by molar-refractivity contribution is 0.195. The van der Waals surface area contributed by atoms with Crippen LogP contribution in [0.2, 0.25) is 0 Å². The predicted molar refractivity (Wildman–Crippen MR) is 100 cm³/mol. The van der Waals surface area contributed by atoms with Crippen molar-refractivity contribution >= 4 is 34.5 Å². The van der Waals surface area contributed by atoms with Crippen LogP contribution < -0.4 is 10.2 Å². The van der Waals surface area contributed by atoms with Crippen molar-refractivity contribution in [1.29, 1.82) is 0 Å². The van der Waals surface area contributed by atoms with Crippen LogP contribution in [-0.2, 0) is 6.67 Å². The third kappa shape index (κ3) is 4.49. The van der Waals surface area contributed by atoms with Crippen molar-refractivity contribution in [3.05, 3.63) is 22.5 Å². The maximum Gasteiger partial charge on any atom is 0.205 e. The molecule has 1 aliphatic rings. The third-order valence-corrected chi connectivity index (χ3v) is 4.89. The molecule has 1 saturated heterocycles. The van der Waals surface area contributed by atoms with Gasteiger partial charge in [-0.05, 0) is 33.0 Å². The van der Waals surface area contributed by atoms with Crippen LogP contribution in [0, 0.1) is 3.95 Å². The number of rotatable bonds is 4. The highest BCUT2D eigenvalue weighted by Gasteiger charge is 2.19. The van der Waals surface area contributed by atoms with Crippen molar-refractivity contribution in [1.82, 2.24) is 24.6 Å². The van der Waals surface area contributed by atoms with Gasteiger partial charge in [-0.2, -0.15) is 0 Å². The molecule has 0 aliphatic carbocycles. The summed E-state index contributed by atoms with van der Waals surface area (Å²) in [5.41, 5.74) is -0.0141. The predicted octanol–water partition coefficient (Wildman–Crippen LogP) is 2.45. The highest BCUT2D eigenvalue weighted by molar-refractivity contribution is 7.73. The summed E-state index contributed by atoms with van der Waals surface area (Å²) >= 11 is 6.98. The van der Waals surface area contributed by atoms with Gasteiger partial charge in [0.1, 0.15) is 5.82 Å². The molecule has 2 aromatic rings. The second-order valence-corrected chi connectivity index (χ2v) is 8.48. The highest BCUT2D eigenvalue weighted by Crippen LogP contribution is 2.20. The van der Waals surface area contributed by atoms with E-state index in [-0.39, 0.29) is 5.54 Å². The molecule has 0 bridgehead atoms. The molecule has 0 amide bonds. The summed E-state index contributed by atoms with van der Waals surface area (Å²) in [5, 5.41) is 8.88. The second-order valence-electron chi connectivity index (χ2n) is 6.86. The van der Waals surface area contributed by atoms with Crippen molar-refractivity contribution in [2.75, 3.05) is 36.4 Å². The molecule has 0 aromatic carbocycles. The van der Waals surface area contributed by atoms with E-state index < -0.39 is 0 Å². The van der Waals surface area contributed by atoms with Crippen molar-refractivity contribution in [3.63, 3.8) is 0 Å². The molecule has 0 atom stereocenters. The third-order valence-electron chi connectivity index (χ3n) is 3.67. The van der Waals surface area contributed by atoms with Gasteiger partial charge in [0.15, 0.2) is 3.95 Å². The molecule has 1 aliphatic heterocycles. The van der Waals surface area contributed by atoms with E-state index in [1.54, 1.807) is 12.4 Å². The van der Waals surface area contributed by atoms with Gasteiger partial charge in [0, 0.05) is 44.1 Å². The molecule has 2 aromatic heterocycles. The fraction of sp³-hybridized carbons (Fsp3) is 0.600. The van der Waals surface area contributed by atoms with Gasteiger partial charge < -0.3 is 10.2 Å². The Morgan fingerprint density at radius 1 is 1.21 bits per heavy atom. The highest BCUT2D eigenvalue weighted by atomic mass is 32.1. The van der Waals surface area contributed by atoms with Gasteiger partial charge in [-0.3, -0.25) is 9.88 Å². The smallest absolute Gasteiger partial charge is 0.205 e. The van der Waals surface area contributed by atoms with Gasteiger partial charge in [0.25, 0.3) is 0 Å². The molecule has 24 heavy (non-hydrogen) atoms. The summed E-state index contributed by atoms with van der Waals surface area (Å²) in [6, 6.07) is 0. The van der Waals surface area contributed by atoms with Crippen LogP contribution in [0.4, 0.5) is 10.9 Å². The van der Waals surface area contributed by atoms with Gasteiger partial charge in [0.05, 0.1) is 12.9 Å². The zero-order chi connectivity index (χ0) is 17.2. The maximum atomic E-state index is 5.45. The van der Waals surface area contributed by atoms with Gasteiger partial charge in [-0.1, -0.05) is 11.3 Å². The van der Waals surface area contributed by atoms with E-state index in [9.17, 15) is 0 Å². The van der Waals surface area contributed by atoms with E-state index in [4.69, 9.17) is 12.2 Å². The molecule has 0 radical (unpaired) electrons. The Morgan fingerprint density at radius 2 is 1.96 bits per heavy atom. The second kappa shape index (κ2) is 7.12. The monoisotopic (exact) mass is 365 g/mol. The minimum Gasteiger partial charge on any atom is -0.356 e. The Morgan fingerprint density at radius 3 is 2.58 bits per heavy atom. The number of nitrogens with zero attached hydrogens (tertiary/aromatic N) is 6. The average molecular weight is 366 g/mol. The summed E-state index contributed by atoms with van der Waals surface area (Å²) in [5.74, 6) is 0.944. The van der Waals surface area contributed by atoms with E-state index in [2.05, 4.69) is 51.0 Å². The quantitative estimate of drug-likeness (QED) is 0.835. The van der Waals surface area contributed by atoms with E-state index in [0.29, 0.717) is 0 Å². The van der Waals surface area contributed by atoms with Crippen LogP contribution in [0.1, 0.15) is 20.8 Å². The minimum absolute atomic E-state index is 0.0141. The summed E-state index contributed by atoms with van der Waals surface area (Å²) in [4.78, 5) is 13.1. The fourth-order valence-corrected chi connectivity index (χ4v) is 3.73. The van der Waals surface area contributed by atoms with Crippen molar-refractivity contribution in [2.24, 2.45) is 0 Å². The Hall–Kier alpha value is -1.58. The van der Waals surface area contributed by atoms with Crippen LogP contribution >= 0.6 is 23.6 Å². The Bertz CT molecular complexity index is 711. The lowest BCUT2D eigenvalue weighted by Crippen LogP contribution is -2.47. The van der Waals surface area contributed by atoms with Crippen LogP contribution in [-0.4, -0.2) is 56.4 Å². The van der Waals surface area contributed by atoms with E-state index in [0.717, 1.165) is 47.8 Å². The number of anilines is 2. The zero-order valence-corrected chi connectivity index (χ0v) is 15.9. The van der Waals surface area contributed by atoms with Crippen LogP contribution in [0.5, 0.6) is 0 Å². The molecular weight excluding hydrogens is 342 g/mol. The lowest BCUT2D eigenvalue weighted by Gasteiger charge is -2.34. The molecule has 0 unspecified atom stereocenters. The normalized spacial score (nSPS) is 16.4. The van der Waals surface area contributed by atoms with Crippen molar-refractivity contribution < 1.29 is 0 Å². The standard InChI is InChI=1S/C15H23N7S2/c1-15(2,3)18-13-19-22(14(23)24-13)11-20-6-8-21(9-7-20)12-10-16-4-5-17-12/h4-5,10H,6-9,11H2,1-3H3,(H,18,19). The SMILES string of the molecule is CC(C)(C)Nc1nn(CN2CCN(c3cnccn3)CC2)c(=S)s1. The molecule has 1 fully saturated rings. The Kier molecular flexibility index (Phi) is 5.12. The number of nitrogens with one attached hydrogen (secondary N) is 1. The number of hydrogen-bond acceptors (Lipinski definition) is 8. The van der Waals surface area contributed by atoms with Crippen molar-refractivity contribution in [3.8, 4) is 0 Å². The van der Waals surface area contributed by atoms with E-state index >= 15 is 0 Å². The summed E-state index contributed by atoms with van der Waals surface area (Å²) in [6.07, 6.45) is 5.25. The van der Waals surface area contributed by atoms with Crippen molar-refractivity contribution in [2.45, 2.75) is 33.0 Å². The molecule has 3 heterocycles. The largest absolute Gasteiger partial charge is 0.356 e. The minimum atomic E-state index is -0.0141. The molecular formula is C15H23N7S2. The fourth-order valence-electron chi connectivity index (χ4n) is 2.53. The first-order chi connectivity index (χ1) is 11.4. The Labute approximate surface area is 151 Å². The molecule has 9 heteroatoms. The zero-order valence-electron chi connectivity index (χ0n) is 14.3. The number of hydrogen-bond donors (Lipinski definition) is 1.